The fraction of sp³-hybridized carbons (Fsp3) is 0. The van der Waals surface area contributed by atoms with E-state index in [9.17, 15) is 5.26 Å². The molecule has 0 aliphatic carbocycles. The first-order chi connectivity index (χ1) is 23.7. The van der Waals surface area contributed by atoms with Crippen molar-refractivity contribution in [2.24, 2.45) is 0 Å². The maximum absolute atomic E-state index is 9.61. The Morgan fingerprint density at radius 2 is 0.792 bits per heavy atom. The zero-order valence-electron chi connectivity index (χ0n) is 26.0. The highest BCUT2D eigenvalue weighted by Gasteiger charge is 2.16. The fourth-order valence-electron chi connectivity index (χ4n) is 6.05. The summed E-state index contributed by atoms with van der Waals surface area (Å²) in [5, 5.41) is 9.61. The standard InChI is InChI=1S/C44H28N4/c45-29-30-11-9-17-36(25-30)43-44(48-40-20-8-7-19-39(40)47-43)37-18-10-16-35(26-37)38-27-41(33-14-5-2-6-15-33)46-42(28-38)34-23-21-32(22-24-34)31-12-3-1-4-13-31/h1-28H. The van der Waals surface area contributed by atoms with E-state index in [1.807, 2.05) is 66.7 Å². The number of rotatable bonds is 6. The van der Waals surface area contributed by atoms with E-state index in [1.165, 1.54) is 11.1 Å². The zero-order chi connectivity index (χ0) is 32.3. The Kier molecular flexibility index (Phi) is 7.54. The zero-order valence-corrected chi connectivity index (χ0v) is 26.0. The molecule has 0 N–H and O–H groups in total. The molecule has 48 heavy (non-hydrogen) atoms. The summed E-state index contributed by atoms with van der Waals surface area (Å²) in [7, 11) is 0. The lowest BCUT2D eigenvalue weighted by atomic mass is 9.96. The van der Waals surface area contributed by atoms with Crippen LogP contribution in [0.15, 0.2) is 170 Å². The topological polar surface area (TPSA) is 62.5 Å². The van der Waals surface area contributed by atoms with Gasteiger partial charge >= 0.3 is 0 Å². The van der Waals surface area contributed by atoms with E-state index in [0.29, 0.717) is 5.56 Å². The molecule has 8 aromatic rings. The van der Waals surface area contributed by atoms with Gasteiger partial charge in [-0.1, -0.05) is 127 Å². The van der Waals surface area contributed by atoms with Crippen molar-refractivity contribution >= 4 is 11.0 Å². The van der Waals surface area contributed by atoms with Gasteiger partial charge in [0, 0.05) is 22.3 Å². The van der Waals surface area contributed by atoms with Gasteiger partial charge in [0.05, 0.1) is 45.4 Å². The molecule has 0 radical (unpaired) electrons. The summed E-state index contributed by atoms with van der Waals surface area (Å²) in [5.74, 6) is 0. The molecule has 0 aliphatic heterocycles. The van der Waals surface area contributed by atoms with Crippen molar-refractivity contribution in [1.29, 1.82) is 5.26 Å². The van der Waals surface area contributed by atoms with Crippen LogP contribution in [0.5, 0.6) is 0 Å². The SMILES string of the molecule is N#Cc1cccc(-c2nc3ccccc3nc2-c2cccc(-c3cc(-c4ccccc4)nc(-c4ccc(-c5ccccc5)cc4)c3)c2)c1. The van der Waals surface area contributed by atoms with Crippen LogP contribution in [-0.4, -0.2) is 15.0 Å². The van der Waals surface area contributed by atoms with E-state index in [4.69, 9.17) is 15.0 Å². The smallest absolute Gasteiger partial charge is 0.0991 e. The minimum atomic E-state index is 0.580. The minimum absolute atomic E-state index is 0.580. The Morgan fingerprint density at radius 3 is 1.42 bits per heavy atom. The molecule has 224 valence electrons. The molecule has 0 fully saturated rings. The number of pyridine rings is 1. The first-order valence-corrected chi connectivity index (χ1v) is 15.8. The van der Waals surface area contributed by atoms with Crippen molar-refractivity contribution in [1.82, 2.24) is 15.0 Å². The van der Waals surface area contributed by atoms with E-state index in [0.717, 1.165) is 67.2 Å². The predicted molar refractivity (Wildman–Crippen MR) is 195 cm³/mol. The van der Waals surface area contributed by atoms with E-state index in [2.05, 4.69) is 103 Å². The summed E-state index contributed by atoms with van der Waals surface area (Å²) in [6.07, 6.45) is 0. The highest BCUT2D eigenvalue weighted by Crippen LogP contribution is 2.36. The van der Waals surface area contributed by atoms with Crippen molar-refractivity contribution in [2.45, 2.75) is 0 Å². The number of aromatic nitrogens is 3. The van der Waals surface area contributed by atoms with Gasteiger partial charge < -0.3 is 0 Å². The second kappa shape index (κ2) is 12.6. The number of hydrogen-bond donors (Lipinski definition) is 0. The average molecular weight is 613 g/mol. The summed E-state index contributed by atoms with van der Waals surface area (Å²) in [4.78, 5) is 15.3. The third kappa shape index (κ3) is 5.73. The van der Waals surface area contributed by atoms with Gasteiger partial charge in [0.15, 0.2) is 0 Å². The molecule has 0 aliphatic rings. The molecule has 0 spiro atoms. The Labute approximate surface area is 279 Å². The van der Waals surface area contributed by atoms with Gasteiger partial charge in [-0.3, -0.25) is 0 Å². The summed E-state index contributed by atoms with van der Waals surface area (Å²) in [6.45, 7) is 0. The largest absolute Gasteiger partial charge is 0.248 e. The van der Waals surface area contributed by atoms with Crippen LogP contribution in [0, 0.1) is 11.3 Å². The quantitative estimate of drug-likeness (QED) is 0.187. The number of nitriles is 1. The van der Waals surface area contributed by atoms with Crippen molar-refractivity contribution < 1.29 is 0 Å². The predicted octanol–water partition coefficient (Wildman–Crippen LogP) is 10.9. The summed E-state index contributed by atoms with van der Waals surface area (Å²) in [5.41, 5.74) is 13.8. The van der Waals surface area contributed by atoms with Crippen molar-refractivity contribution in [3.63, 3.8) is 0 Å². The third-order valence-electron chi connectivity index (χ3n) is 8.49. The average Bonchev–Trinajstić information content (AvgIpc) is 3.18. The van der Waals surface area contributed by atoms with E-state index >= 15 is 0 Å². The molecule has 0 saturated heterocycles. The van der Waals surface area contributed by atoms with Crippen LogP contribution < -0.4 is 0 Å². The van der Waals surface area contributed by atoms with Crippen molar-refractivity contribution in [3.05, 3.63) is 175 Å². The molecular weight excluding hydrogens is 585 g/mol. The molecule has 6 aromatic carbocycles. The summed E-state index contributed by atoms with van der Waals surface area (Å²) >= 11 is 0. The van der Waals surface area contributed by atoms with Crippen LogP contribution in [0.4, 0.5) is 0 Å². The summed E-state index contributed by atoms with van der Waals surface area (Å²) < 4.78 is 0. The van der Waals surface area contributed by atoms with Crippen LogP contribution in [-0.2, 0) is 0 Å². The lowest BCUT2D eigenvalue weighted by Crippen LogP contribution is -1.96. The van der Waals surface area contributed by atoms with Gasteiger partial charge in [-0.25, -0.2) is 15.0 Å². The molecule has 0 bridgehead atoms. The van der Waals surface area contributed by atoms with Crippen molar-refractivity contribution in [3.8, 4) is 73.4 Å². The maximum atomic E-state index is 9.61. The number of fused-ring (bicyclic) bond motifs is 1. The number of hydrogen-bond acceptors (Lipinski definition) is 4. The van der Waals surface area contributed by atoms with Crippen LogP contribution in [0.25, 0.3) is 78.3 Å². The number of para-hydroxylation sites is 2. The molecule has 4 heteroatoms. The fourth-order valence-corrected chi connectivity index (χ4v) is 6.05. The Morgan fingerprint density at radius 1 is 0.333 bits per heavy atom. The molecule has 8 rings (SSSR count). The first-order valence-electron chi connectivity index (χ1n) is 15.8. The van der Waals surface area contributed by atoms with Crippen molar-refractivity contribution in [2.75, 3.05) is 0 Å². The molecule has 0 amide bonds. The summed E-state index contributed by atoms with van der Waals surface area (Å²) in [6, 6.07) is 59.7. The van der Waals surface area contributed by atoms with Gasteiger partial charge in [0.25, 0.3) is 0 Å². The van der Waals surface area contributed by atoms with E-state index in [1.54, 1.807) is 6.07 Å². The third-order valence-corrected chi connectivity index (χ3v) is 8.49. The van der Waals surface area contributed by atoms with E-state index < -0.39 is 0 Å². The molecule has 0 unspecified atom stereocenters. The van der Waals surface area contributed by atoms with Gasteiger partial charge in [0.1, 0.15) is 0 Å². The Hall–Kier alpha value is -6.70. The monoisotopic (exact) mass is 612 g/mol. The Balaban J connectivity index is 1.27. The van der Waals surface area contributed by atoms with E-state index in [-0.39, 0.29) is 0 Å². The number of benzene rings is 6. The molecule has 0 saturated carbocycles. The Bertz CT molecular complexity index is 2450. The molecule has 2 heterocycles. The highest BCUT2D eigenvalue weighted by atomic mass is 14.8. The van der Waals surface area contributed by atoms with Gasteiger partial charge in [-0.05, 0) is 64.7 Å². The lowest BCUT2D eigenvalue weighted by molar-refractivity contribution is 1.29. The maximum Gasteiger partial charge on any atom is 0.0991 e. The van der Waals surface area contributed by atoms with Crippen LogP contribution in [0.3, 0.4) is 0 Å². The normalized spacial score (nSPS) is 10.9. The molecule has 0 atom stereocenters. The van der Waals surface area contributed by atoms with Gasteiger partial charge in [-0.15, -0.1) is 0 Å². The molecule has 2 aromatic heterocycles. The van der Waals surface area contributed by atoms with Crippen LogP contribution in [0.1, 0.15) is 5.56 Å². The van der Waals surface area contributed by atoms with Gasteiger partial charge in [-0.2, -0.15) is 5.26 Å². The second-order valence-corrected chi connectivity index (χ2v) is 11.6. The minimum Gasteiger partial charge on any atom is -0.248 e. The molecular formula is C44H28N4. The first kappa shape index (κ1) is 28.8. The highest BCUT2D eigenvalue weighted by molar-refractivity contribution is 5.88. The lowest BCUT2D eigenvalue weighted by Gasteiger charge is -2.14. The number of nitrogens with zero attached hydrogens (tertiary/aromatic N) is 4. The molecule has 4 nitrogen and oxygen atoms in total. The van der Waals surface area contributed by atoms with Crippen LogP contribution >= 0.6 is 0 Å². The van der Waals surface area contributed by atoms with Gasteiger partial charge in [0.2, 0.25) is 0 Å². The second-order valence-electron chi connectivity index (χ2n) is 11.6. The van der Waals surface area contributed by atoms with Crippen LogP contribution in [0.2, 0.25) is 0 Å².